The molecule has 98 valence electrons. The Hall–Kier alpha value is -2.43. The molecule has 0 unspecified atom stereocenters. The number of hydrogen-bond donors (Lipinski definition) is 2. The van der Waals surface area contributed by atoms with Gasteiger partial charge in [0.1, 0.15) is 11.6 Å². The van der Waals surface area contributed by atoms with Gasteiger partial charge in [0.15, 0.2) is 0 Å². The summed E-state index contributed by atoms with van der Waals surface area (Å²) in [5, 5.41) is 2.68. The Balaban J connectivity index is 2.20. The highest BCUT2D eigenvalue weighted by Crippen LogP contribution is 2.13. The van der Waals surface area contributed by atoms with Gasteiger partial charge in [-0.1, -0.05) is 6.92 Å². The van der Waals surface area contributed by atoms with Gasteiger partial charge in [0, 0.05) is 16.9 Å². The number of pyridine rings is 1. The molecule has 0 aliphatic heterocycles. The average Bonchev–Trinajstić information content (AvgIpc) is 2.40. The zero-order valence-electron chi connectivity index (χ0n) is 10.5. The number of nitrogens with zero attached hydrogens (tertiary/aromatic N) is 1. The quantitative estimate of drug-likeness (QED) is 0.890. The van der Waals surface area contributed by atoms with Gasteiger partial charge < -0.3 is 11.1 Å². The van der Waals surface area contributed by atoms with E-state index < -0.39 is 0 Å². The van der Waals surface area contributed by atoms with Crippen LogP contribution >= 0.6 is 0 Å². The first kappa shape index (κ1) is 13.0. The maximum Gasteiger partial charge on any atom is 0.255 e. The molecule has 1 amide bonds. The maximum atomic E-state index is 12.8. The number of amides is 1. The van der Waals surface area contributed by atoms with Crippen LogP contribution in [0.25, 0.3) is 0 Å². The Morgan fingerprint density at radius 3 is 2.63 bits per heavy atom. The molecule has 3 N–H and O–H groups in total. The van der Waals surface area contributed by atoms with E-state index in [0.29, 0.717) is 23.5 Å². The van der Waals surface area contributed by atoms with Gasteiger partial charge in [0.2, 0.25) is 0 Å². The number of nitrogens with one attached hydrogen (secondary N) is 1. The number of halogens is 1. The molecule has 0 saturated carbocycles. The molecule has 0 spiro atoms. The fourth-order valence-electron chi connectivity index (χ4n) is 1.66. The predicted octanol–water partition coefficient (Wildman–Crippen LogP) is 2.62. The summed E-state index contributed by atoms with van der Waals surface area (Å²) in [4.78, 5) is 16.1. The molecular weight excluding hydrogens is 245 g/mol. The second-order valence-corrected chi connectivity index (χ2v) is 4.09. The first-order valence-corrected chi connectivity index (χ1v) is 5.92. The van der Waals surface area contributed by atoms with E-state index in [1.165, 1.54) is 30.3 Å². The summed E-state index contributed by atoms with van der Waals surface area (Å²) < 4.78 is 12.8. The zero-order valence-corrected chi connectivity index (χ0v) is 10.5. The summed E-state index contributed by atoms with van der Waals surface area (Å²) in [5.41, 5.74) is 7.37. The normalized spacial score (nSPS) is 10.2. The number of nitrogen functional groups attached to an aromatic ring is 1. The number of rotatable bonds is 3. The van der Waals surface area contributed by atoms with Crippen molar-refractivity contribution in [1.82, 2.24) is 4.98 Å². The van der Waals surface area contributed by atoms with E-state index in [2.05, 4.69) is 10.3 Å². The first-order valence-electron chi connectivity index (χ1n) is 5.92. The Bertz CT molecular complexity index is 596. The molecule has 1 heterocycles. The van der Waals surface area contributed by atoms with Crippen molar-refractivity contribution in [3.63, 3.8) is 0 Å². The van der Waals surface area contributed by atoms with Crippen LogP contribution in [0.2, 0.25) is 0 Å². The number of nitrogens with two attached hydrogens (primary N) is 1. The second kappa shape index (κ2) is 5.48. The molecule has 19 heavy (non-hydrogen) atoms. The molecule has 0 atom stereocenters. The third-order valence-electron chi connectivity index (χ3n) is 2.62. The number of hydrogen-bond acceptors (Lipinski definition) is 3. The lowest BCUT2D eigenvalue weighted by Crippen LogP contribution is -2.13. The standard InChI is InChI=1S/C14H14FN3O/c1-2-11-7-9(8-13(16)17-11)14(19)18-12-5-3-10(15)4-6-12/h3-8H,2H2,1H3,(H2,16,17)(H,18,19). The highest BCUT2D eigenvalue weighted by atomic mass is 19.1. The van der Waals surface area contributed by atoms with E-state index in [0.717, 1.165) is 5.69 Å². The van der Waals surface area contributed by atoms with Crippen LogP contribution in [0.4, 0.5) is 15.9 Å². The third kappa shape index (κ3) is 3.28. The maximum absolute atomic E-state index is 12.8. The van der Waals surface area contributed by atoms with E-state index in [4.69, 9.17) is 5.73 Å². The number of benzene rings is 1. The monoisotopic (exact) mass is 259 g/mol. The molecular formula is C14H14FN3O. The van der Waals surface area contributed by atoms with Gasteiger partial charge in [-0.15, -0.1) is 0 Å². The van der Waals surface area contributed by atoms with Crippen LogP contribution in [0.15, 0.2) is 36.4 Å². The van der Waals surface area contributed by atoms with Crippen molar-refractivity contribution in [2.24, 2.45) is 0 Å². The first-order chi connectivity index (χ1) is 9.08. The van der Waals surface area contributed by atoms with Gasteiger partial charge in [0.25, 0.3) is 5.91 Å². The van der Waals surface area contributed by atoms with Gasteiger partial charge in [-0.2, -0.15) is 0 Å². The van der Waals surface area contributed by atoms with Crippen molar-refractivity contribution in [2.75, 3.05) is 11.1 Å². The number of aromatic nitrogens is 1. The largest absolute Gasteiger partial charge is 0.384 e. The van der Waals surface area contributed by atoms with Crippen LogP contribution in [0.5, 0.6) is 0 Å². The van der Waals surface area contributed by atoms with Crippen LogP contribution in [0.3, 0.4) is 0 Å². The summed E-state index contributed by atoms with van der Waals surface area (Å²) in [6.07, 6.45) is 0.696. The molecule has 5 heteroatoms. The van der Waals surface area contributed by atoms with Crippen molar-refractivity contribution in [3.05, 3.63) is 53.5 Å². The zero-order chi connectivity index (χ0) is 13.8. The Labute approximate surface area is 110 Å². The minimum atomic E-state index is -0.348. The highest BCUT2D eigenvalue weighted by Gasteiger charge is 2.09. The Morgan fingerprint density at radius 1 is 1.32 bits per heavy atom. The minimum Gasteiger partial charge on any atom is -0.384 e. The number of anilines is 2. The van der Waals surface area contributed by atoms with Crippen molar-refractivity contribution in [1.29, 1.82) is 0 Å². The van der Waals surface area contributed by atoms with Crippen molar-refractivity contribution >= 4 is 17.4 Å². The number of carbonyl (C=O) groups excluding carboxylic acids is 1. The third-order valence-corrected chi connectivity index (χ3v) is 2.62. The summed E-state index contributed by atoms with van der Waals surface area (Å²) >= 11 is 0. The molecule has 2 rings (SSSR count). The van der Waals surface area contributed by atoms with Gasteiger partial charge in [-0.05, 0) is 42.8 Å². The van der Waals surface area contributed by atoms with Crippen molar-refractivity contribution < 1.29 is 9.18 Å². The van der Waals surface area contributed by atoms with Crippen molar-refractivity contribution in [3.8, 4) is 0 Å². The van der Waals surface area contributed by atoms with Crippen LogP contribution in [0.1, 0.15) is 23.0 Å². The van der Waals surface area contributed by atoms with E-state index in [1.807, 2.05) is 6.92 Å². The van der Waals surface area contributed by atoms with Crippen LogP contribution in [-0.2, 0) is 6.42 Å². The van der Waals surface area contributed by atoms with Gasteiger partial charge in [0.05, 0.1) is 0 Å². The smallest absolute Gasteiger partial charge is 0.255 e. The lowest BCUT2D eigenvalue weighted by atomic mass is 10.1. The van der Waals surface area contributed by atoms with Gasteiger partial charge in [-0.3, -0.25) is 4.79 Å². The molecule has 1 aromatic carbocycles. The fourth-order valence-corrected chi connectivity index (χ4v) is 1.66. The van der Waals surface area contributed by atoms with Crippen LogP contribution < -0.4 is 11.1 Å². The minimum absolute atomic E-state index is 0.296. The SMILES string of the molecule is CCc1cc(C(=O)Nc2ccc(F)cc2)cc(N)n1. The Morgan fingerprint density at radius 2 is 2.00 bits per heavy atom. The molecule has 0 aliphatic carbocycles. The molecule has 1 aromatic heterocycles. The molecule has 2 aromatic rings. The van der Waals surface area contributed by atoms with Gasteiger partial charge >= 0.3 is 0 Å². The lowest BCUT2D eigenvalue weighted by Gasteiger charge is -2.07. The summed E-state index contributed by atoms with van der Waals surface area (Å²) in [7, 11) is 0. The topological polar surface area (TPSA) is 68.0 Å². The predicted molar refractivity (Wildman–Crippen MR) is 72.4 cm³/mol. The van der Waals surface area contributed by atoms with E-state index in [-0.39, 0.29) is 11.7 Å². The summed E-state index contributed by atoms with van der Waals surface area (Å²) in [6, 6.07) is 8.77. The van der Waals surface area contributed by atoms with E-state index in [1.54, 1.807) is 6.07 Å². The summed E-state index contributed by atoms with van der Waals surface area (Å²) in [5.74, 6) is -0.335. The van der Waals surface area contributed by atoms with Crippen LogP contribution in [-0.4, -0.2) is 10.9 Å². The highest BCUT2D eigenvalue weighted by molar-refractivity contribution is 6.04. The molecule has 0 fully saturated rings. The lowest BCUT2D eigenvalue weighted by molar-refractivity contribution is 0.102. The molecule has 0 aliphatic rings. The Kier molecular flexibility index (Phi) is 3.75. The van der Waals surface area contributed by atoms with E-state index in [9.17, 15) is 9.18 Å². The average molecular weight is 259 g/mol. The fraction of sp³-hybridized carbons (Fsp3) is 0.143. The molecule has 0 radical (unpaired) electrons. The number of carbonyl (C=O) groups is 1. The second-order valence-electron chi connectivity index (χ2n) is 4.09. The molecule has 0 saturated heterocycles. The molecule has 0 bridgehead atoms. The van der Waals surface area contributed by atoms with Crippen LogP contribution in [0, 0.1) is 5.82 Å². The molecule has 4 nitrogen and oxygen atoms in total. The van der Waals surface area contributed by atoms with Gasteiger partial charge in [-0.25, -0.2) is 9.37 Å². The number of aryl methyl sites for hydroxylation is 1. The van der Waals surface area contributed by atoms with E-state index >= 15 is 0 Å². The van der Waals surface area contributed by atoms with Crippen molar-refractivity contribution in [2.45, 2.75) is 13.3 Å². The summed E-state index contributed by atoms with van der Waals surface area (Å²) in [6.45, 7) is 1.93.